The molecule has 0 aliphatic carbocycles. The summed E-state index contributed by atoms with van der Waals surface area (Å²) in [5, 5.41) is 0. The molecule has 0 saturated carbocycles. The fraction of sp³-hybridized carbons (Fsp3) is 0.545. The number of amides is 1. The molecule has 0 spiro atoms. The number of primary amides is 1. The second kappa shape index (κ2) is 5.09. The zero-order valence-electron chi connectivity index (χ0n) is 9.67. The molecule has 4 N–H and O–H groups in total. The van der Waals surface area contributed by atoms with Crippen LogP contribution < -0.4 is 16.4 Å². The third-order valence-corrected chi connectivity index (χ3v) is 3.05. The summed E-state index contributed by atoms with van der Waals surface area (Å²) in [6, 6.07) is -0.286. The van der Waals surface area contributed by atoms with Crippen molar-refractivity contribution in [3.63, 3.8) is 0 Å². The van der Waals surface area contributed by atoms with Crippen molar-refractivity contribution in [3.8, 4) is 0 Å². The zero-order chi connectivity index (χ0) is 12.3. The van der Waals surface area contributed by atoms with Gasteiger partial charge < -0.3 is 16.4 Å². The number of carbonyl (C=O) groups excluding carboxylic acids is 1. The topological polar surface area (TPSA) is 98.1 Å². The minimum Gasteiger partial charge on any atom is -0.368 e. The van der Waals surface area contributed by atoms with Crippen LogP contribution in [0.1, 0.15) is 25.0 Å². The van der Waals surface area contributed by atoms with E-state index in [0.717, 1.165) is 25.8 Å². The summed E-state index contributed by atoms with van der Waals surface area (Å²) in [4.78, 5) is 21.8. The van der Waals surface area contributed by atoms with Crippen LogP contribution in [0.4, 0.5) is 5.82 Å². The van der Waals surface area contributed by atoms with Crippen molar-refractivity contribution >= 4 is 11.7 Å². The molecule has 0 radical (unpaired) electrons. The van der Waals surface area contributed by atoms with Crippen molar-refractivity contribution in [2.75, 3.05) is 11.4 Å². The highest BCUT2D eigenvalue weighted by Crippen LogP contribution is 2.24. The van der Waals surface area contributed by atoms with E-state index in [4.69, 9.17) is 11.5 Å². The molecule has 1 aromatic heterocycles. The SMILES string of the molecule is NCc1nccnc1N1CCCCC1C(N)=O. The van der Waals surface area contributed by atoms with E-state index in [1.54, 1.807) is 12.4 Å². The second-order valence-electron chi connectivity index (χ2n) is 4.14. The van der Waals surface area contributed by atoms with E-state index in [-0.39, 0.29) is 11.9 Å². The van der Waals surface area contributed by atoms with Crippen molar-refractivity contribution in [1.82, 2.24) is 9.97 Å². The Morgan fingerprint density at radius 3 is 2.88 bits per heavy atom. The van der Waals surface area contributed by atoms with Gasteiger partial charge in [0, 0.05) is 25.5 Å². The third-order valence-electron chi connectivity index (χ3n) is 3.05. The molecule has 0 bridgehead atoms. The van der Waals surface area contributed by atoms with Crippen molar-refractivity contribution in [2.45, 2.75) is 31.8 Å². The van der Waals surface area contributed by atoms with E-state index in [0.29, 0.717) is 18.1 Å². The number of nitrogens with zero attached hydrogens (tertiary/aromatic N) is 3. The van der Waals surface area contributed by atoms with Gasteiger partial charge in [-0.1, -0.05) is 0 Å². The van der Waals surface area contributed by atoms with Crippen LogP contribution in [-0.4, -0.2) is 28.5 Å². The normalized spacial score (nSPS) is 20.3. The summed E-state index contributed by atoms with van der Waals surface area (Å²) in [5.74, 6) is 0.386. The van der Waals surface area contributed by atoms with Gasteiger partial charge in [-0.25, -0.2) is 4.98 Å². The number of piperidine rings is 1. The van der Waals surface area contributed by atoms with Crippen LogP contribution in [-0.2, 0) is 11.3 Å². The lowest BCUT2D eigenvalue weighted by Crippen LogP contribution is -2.48. The molecule has 1 fully saturated rings. The molecule has 6 nitrogen and oxygen atoms in total. The Bertz CT molecular complexity index is 409. The lowest BCUT2D eigenvalue weighted by Gasteiger charge is -2.35. The van der Waals surface area contributed by atoms with Crippen LogP contribution in [0.25, 0.3) is 0 Å². The maximum absolute atomic E-state index is 11.4. The van der Waals surface area contributed by atoms with Gasteiger partial charge in [-0.15, -0.1) is 0 Å². The molecule has 1 aromatic rings. The van der Waals surface area contributed by atoms with Gasteiger partial charge in [-0.3, -0.25) is 9.78 Å². The predicted octanol–water partition coefficient (Wildman–Crippen LogP) is -0.221. The van der Waals surface area contributed by atoms with Crippen LogP contribution >= 0.6 is 0 Å². The molecular weight excluding hydrogens is 218 g/mol. The number of nitrogens with two attached hydrogens (primary N) is 2. The molecular formula is C11H17N5O. The molecule has 2 heterocycles. The van der Waals surface area contributed by atoms with E-state index < -0.39 is 0 Å². The number of anilines is 1. The van der Waals surface area contributed by atoms with E-state index >= 15 is 0 Å². The van der Waals surface area contributed by atoms with Crippen molar-refractivity contribution in [1.29, 1.82) is 0 Å². The van der Waals surface area contributed by atoms with Gasteiger partial charge in [0.2, 0.25) is 5.91 Å². The van der Waals surface area contributed by atoms with Crippen LogP contribution in [0.5, 0.6) is 0 Å². The largest absolute Gasteiger partial charge is 0.368 e. The molecule has 0 aromatic carbocycles. The molecule has 1 amide bonds. The van der Waals surface area contributed by atoms with Gasteiger partial charge in [0.05, 0.1) is 5.69 Å². The summed E-state index contributed by atoms with van der Waals surface area (Å²) in [5.41, 5.74) is 11.8. The van der Waals surface area contributed by atoms with Crippen molar-refractivity contribution < 1.29 is 4.79 Å². The molecule has 1 unspecified atom stereocenters. The Kier molecular flexibility index (Phi) is 3.53. The number of aromatic nitrogens is 2. The predicted molar refractivity (Wildman–Crippen MR) is 64.1 cm³/mol. The first-order valence-electron chi connectivity index (χ1n) is 5.80. The van der Waals surface area contributed by atoms with E-state index in [9.17, 15) is 4.79 Å². The Morgan fingerprint density at radius 1 is 1.41 bits per heavy atom. The van der Waals surface area contributed by atoms with Crippen molar-refractivity contribution in [3.05, 3.63) is 18.1 Å². The van der Waals surface area contributed by atoms with Gasteiger partial charge in [0.1, 0.15) is 6.04 Å². The van der Waals surface area contributed by atoms with Gasteiger partial charge in [-0.2, -0.15) is 0 Å². The van der Waals surface area contributed by atoms with Crippen LogP contribution in [0.15, 0.2) is 12.4 Å². The minimum absolute atomic E-state index is 0.286. The van der Waals surface area contributed by atoms with E-state index in [1.807, 2.05) is 4.90 Å². The third kappa shape index (κ3) is 2.36. The van der Waals surface area contributed by atoms with Crippen LogP contribution in [0.2, 0.25) is 0 Å². The Balaban J connectivity index is 2.32. The Morgan fingerprint density at radius 2 is 2.18 bits per heavy atom. The van der Waals surface area contributed by atoms with Gasteiger partial charge in [0.15, 0.2) is 5.82 Å². The van der Waals surface area contributed by atoms with Crippen LogP contribution in [0.3, 0.4) is 0 Å². The highest BCUT2D eigenvalue weighted by atomic mass is 16.1. The monoisotopic (exact) mass is 235 g/mol. The first-order valence-corrected chi connectivity index (χ1v) is 5.80. The van der Waals surface area contributed by atoms with Gasteiger partial charge in [-0.05, 0) is 19.3 Å². The maximum Gasteiger partial charge on any atom is 0.240 e. The lowest BCUT2D eigenvalue weighted by atomic mass is 10.0. The first-order chi connectivity index (χ1) is 8.24. The fourth-order valence-electron chi connectivity index (χ4n) is 2.22. The molecule has 1 aliphatic rings. The molecule has 1 aliphatic heterocycles. The summed E-state index contributed by atoms with van der Waals surface area (Å²) >= 11 is 0. The summed E-state index contributed by atoms with van der Waals surface area (Å²) in [6.45, 7) is 1.09. The summed E-state index contributed by atoms with van der Waals surface area (Å²) in [6.07, 6.45) is 6.04. The van der Waals surface area contributed by atoms with E-state index in [2.05, 4.69) is 9.97 Å². The number of carbonyl (C=O) groups is 1. The minimum atomic E-state index is -0.307. The van der Waals surface area contributed by atoms with Gasteiger partial charge in [0.25, 0.3) is 0 Å². The number of hydrogen-bond donors (Lipinski definition) is 2. The average molecular weight is 235 g/mol. The Hall–Kier alpha value is -1.69. The maximum atomic E-state index is 11.4. The van der Waals surface area contributed by atoms with E-state index in [1.165, 1.54) is 0 Å². The average Bonchev–Trinajstić information content (AvgIpc) is 2.38. The molecule has 6 heteroatoms. The molecule has 2 rings (SSSR count). The first kappa shape index (κ1) is 11.8. The Labute approximate surface area is 100 Å². The molecule has 92 valence electrons. The highest BCUT2D eigenvalue weighted by molar-refractivity contribution is 5.83. The van der Waals surface area contributed by atoms with Crippen molar-refractivity contribution in [2.24, 2.45) is 11.5 Å². The molecule has 1 atom stereocenters. The number of rotatable bonds is 3. The quantitative estimate of drug-likeness (QED) is 0.754. The summed E-state index contributed by atoms with van der Waals surface area (Å²) in [7, 11) is 0. The number of hydrogen-bond acceptors (Lipinski definition) is 5. The summed E-state index contributed by atoms with van der Waals surface area (Å²) < 4.78 is 0. The lowest BCUT2D eigenvalue weighted by molar-refractivity contribution is -0.119. The molecule has 17 heavy (non-hydrogen) atoms. The van der Waals surface area contributed by atoms with Gasteiger partial charge >= 0.3 is 0 Å². The van der Waals surface area contributed by atoms with Crippen LogP contribution in [0, 0.1) is 0 Å². The zero-order valence-corrected chi connectivity index (χ0v) is 9.67. The standard InChI is InChI=1S/C11H17N5O/c12-7-8-11(15-5-4-14-8)16-6-2-1-3-9(16)10(13)17/h4-5,9H,1-3,6-7,12H2,(H2,13,17). The molecule has 1 saturated heterocycles. The smallest absolute Gasteiger partial charge is 0.240 e. The fourth-order valence-corrected chi connectivity index (χ4v) is 2.22. The second-order valence-corrected chi connectivity index (χ2v) is 4.14. The highest BCUT2D eigenvalue weighted by Gasteiger charge is 2.29.